The summed E-state index contributed by atoms with van der Waals surface area (Å²) in [4.78, 5) is 3.83. The quantitative estimate of drug-likeness (QED) is 0.831. The summed E-state index contributed by atoms with van der Waals surface area (Å²) < 4.78 is 5.11. The van der Waals surface area contributed by atoms with E-state index in [4.69, 9.17) is 4.42 Å². The highest BCUT2D eigenvalue weighted by Crippen LogP contribution is 2.28. The topological polar surface area (TPSA) is 58.3 Å². The van der Waals surface area contributed by atoms with E-state index in [9.17, 15) is 5.11 Å². The van der Waals surface area contributed by atoms with Crippen LogP contribution in [0.4, 0.5) is 5.69 Å². The average molecular weight is 218 g/mol. The van der Waals surface area contributed by atoms with Gasteiger partial charge in [-0.15, -0.1) is 0 Å². The number of phenols is 1. The average Bonchev–Trinajstić information content (AvgIpc) is 2.78. The van der Waals surface area contributed by atoms with Gasteiger partial charge >= 0.3 is 0 Å². The lowest BCUT2D eigenvalue weighted by molar-refractivity contribution is 0.467. The van der Waals surface area contributed by atoms with E-state index >= 15 is 0 Å². The number of hydrogen-bond acceptors (Lipinski definition) is 4. The third-order valence-electron chi connectivity index (χ3n) is 2.57. The number of hydrogen-bond donors (Lipinski definition) is 2. The Morgan fingerprint density at radius 2 is 2.19 bits per heavy atom. The van der Waals surface area contributed by atoms with Crippen LogP contribution in [0.2, 0.25) is 0 Å². The normalized spacial score (nSPS) is 10.4. The Kier molecular flexibility index (Phi) is 2.81. The maximum absolute atomic E-state index is 9.77. The molecular formula is C12H14N2O2. The minimum atomic E-state index is 0.336. The molecule has 0 atom stereocenters. The molecule has 0 spiro atoms. The van der Waals surface area contributed by atoms with Gasteiger partial charge in [-0.25, -0.2) is 4.98 Å². The first-order chi connectivity index (χ1) is 7.68. The number of benzene rings is 1. The van der Waals surface area contributed by atoms with Crippen molar-refractivity contribution in [2.75, 3.05) is 5.32 Å². The first-order valence-electron chi connectivity index (χ1n) is 5.09. The van der Waals surface area contributed by atoms with E-state index in [1.165, 1.54) is 6.39 Å². The number of phenolic OH excluding ortho intramolecular Hbond substituents is 1. The van der Waals surface area contributed by atoms with Gasteiger partial charge < -0.3 is 14.8 Å². The van der Waals surface area contributed by atoms with E-state index in [0.29, 0.717) is 12.3 Å². The van der Waals surface area contributed by atoms with E-state index < -0.39 is 0 Å². The monoisotopic (exact) mass is 218 g/mol. The highest BCUT2D eigenvalue weighted by atomic mass is 16.3. The molecule has 1 aromatic heterocycles. The van der Waals surface area contributed by atoms with Crippen molar-refractivity contribution in [1.29, 1.82) is 0 Å². The van der Waals surface area contributed by atoms with Crippen molar-refractivity contribution in [1.82, 2.24) is 4.98 Å². The molecule has 0 aliphatic heterocycles. The van der Waals surface area contributed by atoms with Crippen LogP contribution < -0.4 is 5.32 Å². The number of nitrogens with zero attached hydrogens (tertiary/aromatic N) is 1. The number of aromatic hydroxyl groups is 1. The molecule has 0 radical (unpaired) electrons. The van der Waals surface area contributed by atoms with Gasteiger partial charge in [0.05, 0.1) is 12.7 Å². The zero-order valence-electron chi connectivity index (χ0n) is 9.32. The predicted molar refractivity (Wildman–Crippen MR) is 61.4 cm³/mol. The lowest BCUT2D eigenvalue weighted by atomic mass is 10.1. The molecule has 0 fully saturated rings. The number of oxazole rings is 1. The standard InChI is InChI=1S/C12H14N2O2/c1-8-3-4-11(9(2)12(8)15)14-6-10-5-13-7-16-10/h3-5,7,14-15H,6H2,1-2H3. The number of aromatic nitrogens is 1. The van der Waals surface area contributed by atoms with E-state index in [0.717, 1.165) is 22.6 Å². The van der Waals surface area contributed by atoms with Crippen molar-refractivity contribution >= 4 is 5.69 Å². The van der Waals surface area contributed by atoms with Crippen LogP contribution >= 0.6 is 0 Å². The van der Waals surface area contributed by atoms with Gasteiger partial charge in [0.25, 0.3) is 0 Å². The molecule has 2 N–H and O–H groups in total. The van der Waals surface area contributed by atoms with E-state index in [1.54, 1.807) is 6.20 Å². The summed E-state index contributed by atoms with van der Waals surface area (Å²) in [5, 5.41) is 13.0. The molecule has 2 rings (SSSR count). The molecule has 1 heterocycles. The second kappa shape index (κ2) is 4.26. The van der Waals surface area contributed by atoms with Crippen molar-refractivity contribution in [3.8, 4) is 5.75 Å². The van der Waals surface area contributed by atoms with Crippen molar-refractivity contribution < 1.29 is 9.52 Å². The molecule has 0 amide bonds. The minimum absolute atomic E-state index is 0.336. The minimum Gasteiger partial charge on any atom is -0.507 e. The van der Waals surface area contributed by atoms with Gasteiger partial charge in [0.1, 0.15) is 11.5 Å². The van der Waals surface area contributed by atoms with Crippen molar-refractivity contribution in [3.05, 3.63) is 41.6 Å². The summed E-state index contributed by atoms with van der Waals surface area (Å²) in [7, 11) is 0. The van der Waals surface area contributed by atoms with Crippen LogP contribution in [0, 0.1) is 13.8 Å². The van der Waals surface area contributed by atoms with Crippen molar-refractivity contribution in [2.45, 2.75) is 20.4 Å². The van der Waals surface area contributed by atoms with Crippen LogP contribution in [0.5, 0.6) is 5.75 Å². The van der Waals surface area contributed by atoms with E-state index in [1.807, 2.05) is 26.0 Å². The summed E-state index contributed by atoms with van der Waals surface area (Å²) in [6.45, 7) is 4.32. The Hall–Kier alpha value is -1.97. The highest BCUT2D eigenvalue weighted by molar-refractivity contribution is 5.58. The third-order valence-corrected chi connectivity index (χ3v) is 2.57. The zero-order chi connectivity index (χ0) is 11.5. The molecule has 0 bridgehead atoms. The number of anilines is 1. The second-order valence-electron chi connectivity index (χ2n) is 3.72. The fourth-order valence-corrected chi connectivity index (χ4v) is 1.54. The Bertz CT molecular complexity index is 478. The van der Waals surface area contributed by atoms with E-state index in [-0.39, 0.29) is 0 Å². The smallest absolute Gasteiger partial charge is 0.180 e. The molecule has 0 saturated heterocycles. The maximum atomic E-state index is 9.77. The summed E-state index contributed by atoms with van der Waals surface area (Å²) >= 11 is 0. The van der Waals surface area contributed by atoms with Gasteiger partial charge in [-0.1, -0.05) is 6.07 Å². The lowest BCUT2D eigenvalue weighted by Gasteiger charge is -2.11. The lowest BCUT2D eigenvalue weighted by Crippen LogP contribution is -2.00. The molecule has 2 aromatic rings. The molecule has 4 heteroatoms. The van der Waals surface area contributed by atoms with Crippen LogP contribution in [0.15, 0.2) is 29.1 Å². The van der Waals surface area contributed by atoms with Crippen LogP contribution in [0.3, 0.4) is 0 Å². The van der Waals surface area contributed by atoms with Gasteiger partial charge in [-0.2, -0.15) is 0 Å². The van der Waals surface area contributed by atoms with Gasteiger partial charge in [-0.3, -0.25) is 0 Å². The third kappa shape index (κ3) is 2.00. The maximum Gasteiger partial charge on any atom is 0.180 e. The molecule has 0 aliphatic carbocycles. The Morgan fingerprint density at radius 1 is 1.38 bits per heavy atom. The number of aryl methyl sites for hydroxylation is 1. The van der Waals surface area contributed by atoms with Crippen LogP contribution in [0.1, 0.15) is 16.9 Å². The van der Waals surface area contributed by atoms with Crippen LogP contribution in [0.25, 0.3) is 0 Å². The predicted octanol–water partition coefficient (Wildman–Crippen LogP) is 2.61. The molecule has 16 heavy (non-hydrogen) atoms. The fraction of sp³-hybridized carbons (Fsp3) is 0.250. The zero-order valence-corrected chi connectivity index (χ0v) is 9.32. The highest BCUT2D eigenvalue weighted by Gasteiger charge is 2.06. The fourth-order valence-electron chi connectivity index (χ4n) is 1.54. The van der Waals surface area contributed by atoms with Gasteiger partial charge in [-0.05, 0) is 25.5 Å². The molecule has 0 saturated carbocycles. The number of nitrogens with one attached hydrogen (secondary N) is 1. The Balaban J connectivity index is 2.13. The molecule has 1 aromatic carbocycles. The van der Waals surface area contributed by atoms with Gasteiger partial charge in [0.2, 0.25) is 0 Å². The Morgan fingerprint density at radius 3 is 2.88 bits per heavy atom. The number of rotatable bonds is 3. The summed E-state index contributed by atoms with van der Waals surface area (Å²) in [6.07, 6.45) is 3.06. The SMILES string of the molecule is Cc1ccc(NCc2cnco2)c(C)c1O. The van der Waals surface area contributed by atoms with Gasteiger partial charge in [0.15, 0.2) is 6.39 Å². The Labute approximate surface area is 93.9 Å². The molecule has 0 aliphatic rings. The summed E-state index contributed by atoms with van der Waals surface area (Å²) in [5.74, 6) is 1.10. The largest absolute Gasteiger partial charge is 0.507 e. The summed E-state index contributed by atoms with van der Waals surface area (Å²) in [5.41, 5.74) is 2.63. The van der Waals surface area contributed by atoms with Crippen molar-refractivity contribution in [2.24, 2.45) is 0 Å². The molecule has 84 valence electrons. The van der Waals surface area contributed by atoms with Crippen molar-refractivity contribution in [3.63, 3.8) is 0 Å². The van der Waals surface area contributed by atoms with Gasteiger partial charge in [0, 0.05) is 11.3 Å². The first-order valence-corrected chi connectivity index (χ1v) is 5.09. The molecular weight excluding hydrogens is 204 g/mol. The summed E-state index contributed by atoms with van der Waals surface area (Å²) in [6, 6.07) is 3.83. The molecule has 4 nitrogen and oxygen atoms in total. The van der Waals surface area contributed by atoms with Crippen LogP contribution in [-0.4, -0.2) is 10.1 Å². The first kappa shape index (κ1) is 10.5. The van der Waals surface area contributed by atoms with E-state index in [2.05, 4.69) is 10.3 Å². The van der Waals surface area contributed by atoms with Crippen LogP contribution in [-0.2, 0) is 6.54 Å². The molecule has 0 unspecified atom stereocenters. The second-order valence-corrected chi connectivity index (χ2v) is 3.72.